The third-order valence-electron chi connectivity index (χ3n) is 3.45. The van der Waals surface area contributed by atoms with Gasteiger partial charge >= 0.3 is 0 Å². The van der Waals surface area contributed by atoms with Crippen molar-refractivity contribution < 1.29 is 9.59 Å². The van der Waals surface area contributed by atoms with E-state index < -0.39 is 0 Å². The number of nitrogens with one attached hydrogen (secondary N) is 1. The van der Waals surface area contributed by atoms with Crippen molar-refractivity contribution in [1.82, 2.24) is 4.98 Å². The molecule has 0 radical (unpaired) electrons. The highest BCUT2D eigenvalue weighted by Crippen LogP contribution is 2.26. The van der Waals surface area contributed by atoms with E-state index in [-0.39, 0.29) is 11.6 Å². The summed E-state index contributed by atoms with van der Waals surface area (Å²) in [6.07, 6.45) is 3.87. The molecule has 1 aromatic carbocycles. The molecule has 0 bridgehead atoms. The summed E-state index contributed by atoms with van der Waals surface area (Å²) in [5, 5.41) is 0. The molecule has 19 heavy (non-hydrogen) atoms. The van der Waals surface area contributed by atoms with Crippen LogP contribution < -0.4 is 0 Å². The van der Waals surface area contributed by atoms with Gasteiger partial charge in [-0.1, -0.05) is 15.9 Å². The van der Waals surface area contributed by atoms with E-state index in [1.807, 2.05) is 12.1 Å². The van der Waals surface area contributed by atoms with Gasteiger partial charge in [-0.15, -0.1) is 0 Å². The van der Waals surface area contributed by atoms with Crippen molar-refractivity contribution in [2.24, 2.45) is 0 Å². The van der Waals surface area contributed by atoms with Gasteiger partial charge in [0.25, 0.3) is 0 Å². The predicted molar refractivity (Wildman–Crippen MR) is 75.6 cm³/mol. The number of aromatic nitrogens is 1. The van der Waals surface area contributed by atoms with Gasteiger partial charge in [0.1, 0.15) is 0 Å². The van der Waals surface area contributed by atoms with Gasteiger partial charge in [-0.25, -0.2) is 0 Å². The van der Waals surface area contributed by atoms with Crippen molar-refractivity contribution in [2.75, 3.05) is 0 Å². The monoisotopic (exact) mass is 317 g/mol. The Morgan fingerprint density at radius 2 is 1.89 bits per heavy atom. The largest absolute Gasteiger partial charge is 0.358 e. The summed E-state index contributed by atoms with van der Waals surface area (Å²) in [6, 6.07) is 7.25. The lowest BCUT2D eigenvalue weighted by molar-refractivity contribution is 0.0973. The molecule has 3 nitrogen and oxygen atoms in total. The summed E-state index contributed by atoms with van der Waals surface area (Å²) in [5.41, 5.74) is 2.76. The van der Waals surface area contributed by atoms with E-state index in [1.54, 1.807) is 18.3 Å². The minimum Gasteiger partial charge on any atom is -0.358 e. The number of Topliss-reactive ketones (excluding diaryl/α,β-unsaturated/α-hetero) is 1. The van der Waals surface area contributed by atoms with Crippen LogP contribution in [0.25, 0.3) is 0 Å². The van der Waals surface area contributed by atoms with Crippen LogP contribution in [-0.4, -0.2) is 16.6 Å². The second-order valence-corrected chi connectivity index (χ2v) is 5.58. The van der Waals surface area contributed by atoms with Gasteiger partial charge in [-0.2, -0.15) is 0 Å². The zero-order valence-corrected chi connectivity index (χ0v) is 11.8. The standard InChI is InChI=1S/C15H12BrNO2/c16-10-6-4-9(5-7-10)15(19)14-11-2-1-3-13(18)12(11)8-17-14/h4-8,17H,1-3H2. The first-order valence-corrected chi connectivity index (χ1v) is 7.00. The van der Waals surface area contributed by atoms with Crippen LogP contribution in [0.15, 0.2) is 34.9 Å². The second kappa shape index (κ2) is 4.78. The van der Waals surface area contributed by atoms with Crippen molar-refractivity contribution in [1.29, 1.82) is 0 Å². The van der Waals surface area contributed by atoms with Crippen LogP contribution in [0.5, 0.6) is 0 Å². The van der Waals surface area contributed by atoms with E-state index in [0.717, 1.165) is 22.9 Å². The highest BCUT2D eigenvalue weighted by Gasteiger charge is 2.25. The smallest absolute Gasteiger partial charge is 0.209 e. The topological polar surface area (TPSA) is 49.9 Å². The van der Waals surface area contributed by atoms with E-state index in [1.165, 1.54) is 0 Å². The lowest BCUT2D eigenvalue weighted by atomic mass is 9.91. The van der Waals surface area contributed by atoms with Gasteiger partial charge < -0.3 is 4.98 Å². The van der Waals surface area contributed by atoms with Crippen molar-refractivity contribution in [3.05, 3.63) is 57.3 Å². The molecule has 0 atom stereocenters. The number of benzene rings is 1. The number of hydrogen-bond donors (Lipinski definition) is 1. The minimum atomic E-state index is -0.0524. The SMILES string of the molecule is O=C1CCCc2c1c[nH]c2C(=O)c1ccc(Br)cc1. The highest BCUT2D eigenvalue weighted by atomic mass is 79.9. The molecule has 0 saturated heterocycles. The average molecular weight is 318 g/mol. The second-order valence-electron chi connectivity index (χ2n) is 4.67. The fraction of sp³-hybridized carbons (Fsp3) is 0.200. The number of halogens is 1. The molecule has 0 unspecified atom stereocenters. The van der Waals surface area contributed by atoms with Gasteiger partial charge in [0.2, 0.25) is 5.78 Å². The van der Waals surface area contributed by atoms with Crippen molar-refractivity contribution >= 4 is 27.5 Å². The zero-order chi connectivity index (χ0) is 13.4. The Hall–Kier alpha value is -1.68. The maximum Gasteiger partial charge on any atom is 0.209 e. The van der Waals surface area contributed by atoms with E-state index in [4.69, 9.17) is 0 Å². The Morgan fingerprint density at radius 3 is 2.63 bits per heavy atom. The van der Waals surface area contributed by atoms with Gasteiger partial charge in [0, 0.05) is 28.2 Å². The fourth-order valence-electron chi connectivity index (χ4n) is 2.47. The molecule has 1 heterocycles. The number of carbonyl (C=O) groups is 2. The predicted octanol–water partition coefficient (Wildman–Crippen LogP) is 3.53. The van der Waals surface area contributed by atoms with Gasteiger partial charge in [-0.3, -0.25) is 9.59 Å². The number of hydrogen-bond acceptors (Lipinski definition) is 2. The summed E-state index contributed by atoms with van der Waals surface area (Å²) < 4.78 is 0.938. The maximum absolute atomic E-state index is 12.4. The van der Waals surface area contributed by atoms with Crippen LogP contribution >= 0.6 is 15.9 Å². The Bertz CT molecular complexity index is 655. The Morgan fingerprint density at radius 1 is 1.16 bits per heavy atom. The van der Waals surface area contributed by atoms with Crippen LogP contribution in [0.2, 0.25) is 0 Å². The van der Waals surface area contributed by atoms with Crippen LogP contribution in [-0.2, 0) is 6.42 Å². The quantitative estimate of drug-likeness (QED) is 0.861. The number of fused-ring (bicyclic) bond motifs is 1. The van der Waals surface area contributed by atoms with E-state index >= 15 is 0 Å². The molecule has 1 aliphatic carbocycles. The van der Waals surface area contributed by atoms with Gasteiger partial charge in [0.05, 0.1) is 5.69 Å². The first-order valence-electron chi connectivity index (χ1n) is 6.20. The van der Waals surface area contributed by atoms with E-state index in [9.17, 15) is 9.59 Å². The molecule has 0 spiro atoms. The molecule has 3 rings (SSSR count). The molecule has 0 amide bonds. The molecule has 4 heteroatoms. The molecule has 0 fully saturated rings. The lowest BCUT2D eigenvalue weighted by Gasteiger charge is -2.11. The molecule has 2 aromatic rings. The molecular formula is C15H12BrNO2. The average Bonchev–Trinajstić information content (AvgIpc) is 2.84. The van der Waals surface area contributed by atoms with Crippen LogP contribution in [0, 0.1) is 0 Å². The van der Waals surface area contributed by atoms with Crippen molar-refractivity contribution in [3.8, 4) is 0 Å². The fourth-order valence-corrected chi connectivity index (χ4v) is 2.73. The first-order chi connectivity index (χ1) is 9.16. The van der Waals surface area contributed by atoms with E-state index in [0.29, 0.717) is 23.2 Å². The summed E-state index contributed by atoms with van der Waals surface area (Å²) in [6.45, 7) is 0. The molecule has 1 aromatic heterocycles. The molecule has 0 saturated carbocycles. The summed E-state index contributed by atoms with van der Waals surface area (Å²) in [4.78, 5) is 27.2. The summed E-state index contributed by atoms with van der Waals surface area (Å²) >= 11 is 3.35. The third kappa shape index (κ3) is 2.16. The molecule has 1 aliphatic rings. The van der Waals surface area contributed by atoms with Crippen LogP contribution in [0.4, 0.5) is 0 Å². The molecule has 0 aliphatic heterocycles. The van der Waals surface area contributed by atoms with Gasteiger partial charge in [-0.05, 0) is 42.7 Å². The van der Waals surface area contributed by atoms with Crippen molar-refractivity contribution in [2.45, 2.75) is 19.3 Å². The lowest BCUT2D eigenvalue weighted by Crippen LogP contribution is -2.12. The Balaban J connectivity index is 2.01. The third-order valence-corrected chi connectivity index (χ3v) is 3.98. The maximum atomic E-state index is 12.4. The number of aromatic amines is 1. The van der Waals surface area contributed by atoms with Crippen molar-refractivity contribution in [3.63, 3.8) is 0 Å². The van der Waals surface area contributed by atoms with Crippen LogP contribution in [0.1, 0.15) is 44.8 Å². The number of ketones is 2. The summed E-state index contributed by atoms with van der Waals surface area (Å²) in [7, 11) is 0. The highest BCUT2D eigenvalue weighted by molar-refractivity contribution is 9.10. The number of rotatable bonds is 2. The molecule has 1 N–H and O–H groups in total. The molecular weight excluding hydrogens is 306 g/mol. The Labute approximate surface area is 119 Å². The first kappa shape index (κ1) is 12.4. The Kier molecular flexibility index (Phi) is 3.11. The minimum absolute atomic E-state index is 0.0524. The zero-order valence-electron chi connectivity index (χ0n) is 10.2. The summed E-state index contributed by atoms with van der Waals surface area (Å²) in [5.74, 6) is 0.0795. The number of carbonyl (C=O) groups excluding carboxylic acids is 2. The normalized spacial score (nSPS) is 14.3. The van der Waals surface area contributed by atoms with Gasteiger partial charge in [0.15, 0.2) is 5.78 Å². The molecule has 96 valence electrons. The van der Waals surface area contributed by atoms with Crippen LogP contribution in [0.3, 0.4) is 0 Å². The number of H-pyrrole nitrogens is 1. The van der Waals surface area contributed by atoms with E-state index in [2.05, 4.69) is 20.9 Å².